The van der Waals surface area contributed by atoms with E-state index in [9.17, 15) is 0 Å². The summed E-state index contributed by atoms with van der Waals surface area (Å²) >= 11 is 0. The molecule has 0 nitrogen and oxygen atoms in total. The molecule has 83 valence electrons. The van der Waals surface area contributed by atoms with Gasteiger partial charge in [-0.1, -0.05) is 64.3 Å². The Labute approximate surface area is 94.7 Å². The Kier molecular flexibility index (Phi) is 4.38. The first-order valence-electron chi connectivity index (χ1n) is 5.99. The fourth-order valence-corrected chi connectivity index (χ4v) is 1.92. The molecule has 0 aliphatic heterocycles. The summed E-state index contributed by atoms with van der Waals surface area (Å²) in [5.41, 5.74) is 2.84. The van der Waals surface area contributed by atoms with Gasteiger partial charge in [0.1, 0.15) is 0 Å². The van der Waals surface area contributed by atoms with E-state index in [1.54, 1.807) is 0 Å². The van der Waals surface area contributed by atoms with Crippen LogP contribution in [-0.4, -0.2) is 0 Å². The van der Waals surface area contributed by atoms with Crippen LogP contribution in [-0.2, 0) is 5.41 Å². The molecule has 1 aromatic carbocycles. The molecule has 0 heterocycles. The second kappa shape index (κ2) is 5.34. The highest BCUT2D eigenvalue weighted by atomic mass is 14.2. The number of benzene rings is 1. The normalized spacial score (nSPS) is 11.7. The van der Waals surface area contributed by atoms with Crippen molar-refractivity contribution in [2.24, 2.45) is 0 Å². The van der Waals surface area contributed by atoms with Crippen molar-refractivity contribution in [2.75, 3.05) is 0 Å². The van der Waals surface area contributed by atoms with Crippen LogP contribution in [0, 0.1) is 6.92 Å². The van der Waals surface area contributed by atoms with Crippen LogP contribution in [0.4, 0.5) is 0 Å². The second-order valence-corrected chi connectivity index (χ2v) is 5.04. The molecule has 0 amide bonds. The van der Waals surface area contributed by atoms with Crippen LogP contribution >= 0.6 is 0 Å². The van der Waals surface area contributed by atoms with Crippen molar-refractivity contribution >= 4 is 0 Å². The van der Waals surface area contributed by atoms with Crippen molar-refractivity contribution in [3.05, 3.63) is 42.3 Å². The highest BCUT2D eigenvalue weighted by Crippen LogP contribution is 2.29. The third kappa shape index (κ3) is 3.70. The van der Waals surface area contributed by atoms with Gasteiger partial charge in [-0.25, -0.2) is 0 Å². The number of hydrogen-bond donors (Lipinski definition) is 0. The van der Waals surface area contributed by atoms with Gasteiger partial charge in [0, 0.05) is 0 Å². The Hall–Kier alpha value is -0.780. The average molecular weight is 203 g/mol. The molecule has 0 aliphatic rings. The summed E-state index contributed by atoms with van der Waals surface area (Å²) < 4.78 is 0. The van der Waals surface area contributed by atoms with Crippen LogP contribution in [0.25, 0.3) is 0 Å². The fourth-order valence-electron chi connectivity index (χ4n) is 1.92. The molecule has 1 radical (unpaired) electrons. The quantitative estimate of drug-likeness (QED) is 0.607. The van der Waals surface area contributed by atoms with Crippen molar-refractivity contribution in [2.45, 2.75) is 51.9 Å². The highest BCUT2D eigenvalue weighted by Gasteiger charge is 2.19. The minimum Gasteiger partial charge on any atom is -0.0654 e. The van der Waals surface area contributed by atoms with Gasteiger partial charge in [-0.2, -0.15) is 0 Å². The van der Waals surface area contributed by atoms with Crippen LogP contribution in [0.1, 0.15) is 57.6 Å². The van der Waals surface area contributed by atoms with Gasteiger partial charge >= 0.3 is 0 Å². The largest absolute Gasteiger partial charge is 0.0654 e. The van der Waals surface area contributed by atoms with Crippen molar-refractivity contribution in [1.82, 2.24) is 0 Å². The van der Waals surface area contributed by atoms with E-state index in [-0.39, 0.29) is 0 Å². The predicted octanol–water partition coefficient (Wildman–Crippen LogP) is 4.73. The standard InChI is InChI=1S/C15H23/c1-5-6-7-12-15(3,4)14-10-8-13(2)9-11-14/h8-11H,2,5-7,12H2,1,3-4H3. The first-order valence-corrected chi connectivity index (χ1v) is 5.99. The summed E-state index contributed by atoms with van der Waals surface area (Å²) in [5, 5.41) is 0. The summed E-state index contributed by atoms with van der Waals surface area (Å²) in [5.74, 6) is 0. The van der Waals surface area contributed by atoms with Crippen molar-refractivity contribution < 1.29 is 0 Å². The minimum atomic E-state index is 0.308. The molecule has 0 aliphatic carbocycles. The van der Waals surface area contributed by atoms with Gasteiger partial charge in [-0.15, -0.1) is 0 Å². The Morgan fingerprint density at radius 1 is 1.07 bits per heavy atom. The SMILES string of the molecule is [CH2]c1ccc(C(C)(C)CCCCC)cc1. The zero-order chi connectivity index (χ0) is 11.3. The van der Waals surface area contributed by atoms with E-state index in [0.717, 1.165) is 5.56 Å². The topological polar surface area (TPSA) is 0 Å². The van der Waals surface area contributed by atoms with E-state index in [0.29, 0.717) is 5.41 Å². The lowest BCUT2D eigenvalue weighted by atomic mass is 9.80. The number of unbranched alkanes of at least 4 members (excludes halogenated alkanes) is 2. The molecule has 0 saturated heterocycles. The minimum absolute atomic E-state index is 0.308. The molecule has 0 heteroatoms. The molecule has 15 heavy (non-hydrogen) atoms. The predicted molar refractivity (Wildman–Crippen MR) is 68.1 cm³/mol. The smallest absolute Gasteiger partial charge is 0.0104 e. The Morgan fingerprint density at radius 3 is 2.20 bits per heavy atom. The summed E-state index contributed by atoms with van der Waals surface area (Å²) in [6.45, 7) is 10.8. The Morgan fingerprint density at radius 2 is 1.67 bits per heavy atom. The first-order chi connectivity index (χ1) is 7.06. The van der Waals surface area contributed by atoms with Gasteiger partial charge < -0.3 is 0 Å². The van der Waals surface area contributed by atoms with Crippen LogP contribution in [0.5, 0.6) is 0 Å². The lowest BCUT2D eigenvalue weighted by molar-refractivity contribution is 0.450. The van der Waals surface area contributed by atoms with E-state index in [1.165, 1.54) is 31.2 Å². The van der Waals surface area contributed by atoms with Crippen LogP contribution < -0.4 is 0 Å². The zero-order valence-corrected chi connectivity index (χ0v) is 10.3. The van der Waals surface area contributed by atoms with Crippen LogP contribution in [0.2, 0.25) is 0 Å². The molecule has 1 rings (SSSR count). The summed E-state index contributed by atoms with van der Waals surface area (Å²) in [7, 11) is 0. The molecule has 0 aromatic heterocycles. The molecule has 0 bridgehead atoms. The van der Waals surface area contributed by atoms with E-state index in [1.807, 2.05) is 0 Å². The molecule has 0 unspecified atom stereocenters. The molecule has 0 atom stereocenters. The van der Waals surface area contributed by atoms with E-state index < -0.39 is 0 Å². The molecule has 1 aromatic rings. The fraction of sp³-hybridized carbons (Fsp3) is 0.533. The Balaban J connectivity index is 2.63. The highest BCUT2D eigenvalue weighted by molar-refractivity contribution is 5.29. The van der Waals surface area contributed by atoms with Gasteiger partial charge in [0.25, 0.3) is 0 Å². The molecule has 0 spiro atoms. The average Bonchev–Trinajstić information content (AvgIpc) is 2.18. The van der Waals surface area contributed by atoms with E-state index >= 15 is 0 Å². The molecular formula is C15H23. The van der Waals surface area contributed by atoms with Gasteiger partial charge in [0.2, 0.25) is 0 Å². The molecule has 0 N–H and O–H groups in total. The monoisotopic (exact) mass is 203 g/mol. The first kappa shape index (κ1) is 12.3. The third-order valence-corrected chi connectivity index (χ3v) is 3.14. The van der Waals surface area contributed by atoms with Crippen LogP contribution in [0.3, 0.4) is 0 Å². The Bertz CT molecular complexity index is 279. The summed E-state index contributed by atoms with van der Waals surface area (Å²) in [4.78, 5) is 0. The van der Waals surface area contributed by atoms with E-state index in [4.69, 9.17) is 0 Å². The van der Waals surface area contributed by atoms with E-state index in [2.05, 4.69) is 52.0 Å². The molecule has 0 saturated carbocycles. The zero-order valence-electron chi connectivity index (χ0n) is 10.3. The number of rotatable bonds is 5. The summed E-state index contributed by atoms with van der Waals surface area (Å²) in [6.07, 6.45) is 5.25. The van der Waals surface area contributed by atoms with Crippen molar-refractivity contribution in [1.29, 1.82) is 0 Å². The maximum Gasteiger partial charge on any atom is -0.0104 e. The maximum absolute atomic E-state index is 3.92. The van der Waals surface area contributed by atoms with Crippen LogP contribution in [0.15, 0.2) is 24.3 Å². The molecular weight excluding hydrogens is 180 g/mol. The van der Waals surface area contributed by atoms with Crippen molar-refractivity contribution in [3.63, 3.8) is 0 Å². The molecule has 0 fully saturated rings. The van der Waals surface area contributed by atoms with Gasteiger partial charge in [0.05, 0.1) is 0 Å². The number of hydrogen-bond acceptors (Lipinski definition) is 0. The lowest BCUT2D eigenvalue weighted by Crippen LogP contribution is -2.16. The maximum atomic E-state index is 3.92. The second-order valence-electron chi connectivity index (χ2n) is 5.04. The van der Waals surface area contributed by atoms with Gasteiger partial charge in [0.15, 0.2) is 0 Å². The van der Waals surface area contributed by atoms with Gasteiger partial charge in [-0.05, 0) is 29.9 Å². The van der Waals surface area contributed by atoms with Crippen molar-refractivity contribution in [3.8, 4) is 0 Å². The summed E-state index contributed by atoms with van der Waals surface area (Å²) in [6, 6.07) is 8.65. The van der Waals surface area contributed by atoms with Gasteiger partial charge in [-0.3, -0.25) is 0 Å². The third-order valence-electron chi connectivity index (χ3n) is 3.14. The lowest BCUT2D eigenvalue weighted by Gasteiger charge is -2.25.